The van der Waals surface area contributed by atoms with E-state index in [1.807, 2.05) is 0 Å². The van der Waals surface area contributed by atoms with E-state index in [1.165, 1.54) is 0 Å². The molecule has 0 spiro atoms. The van der Waals surface area contributed by atoms with E-state index in [4.69, 9.17) is 6.42 Å². The smallest absolute Gasteiger partial charge is 0.252 e. The number of rotatable bonds is 2. The SMILES string of the molecule is C#CC(C)NC(=O)c1ccc2nc[nH]c2c1. The fourth-order valence-electron chi connectivity index (χ4n) is 1.40. The maximum Gasteiger partial charge on any atom is 0.252 e. The minimum absolute atomic E-state index is 0.179. The Morgan fingerprint density at radius 2 is 2.44 bits per heavy atom. The van der Waals surface area contributed by atoms with E-state index in [2.05, 4.69) is 21.2 Å². The number of imidazole rings is 1. The summed E-state index contributed by atoms with van der Waals surface area (Å²) >= 11 is 0. The van der Waals surface area contributed by atoms with Gasteiger partial charge in [-0.05, 0) is 25.1 Å². The number of fused-ring (bicyclic) bond motifs is 1. The van der Waals surface area contributed by atoms with E-state index >= 15 is 0 Å². The molecule has 0 saturated carbocycles. The molecular formula is C12H11N3O. The normalized spacial score (nSPS) is 12.0. The maximum atomic E-state index is 11.7. The Hall–Kier alpha value is -2.28. The van der Waals surface area contributed by atoms with Gasteiger partial charge in [-0.15, -0.1) is 6.42 Å². The summed E-state index contributed by atoms with van der Waals surface area (Å²) in [5.41, 5.74) is 2.24. The zero-order valence-electron chi connectivity index (χ0n) is 8.82. The lowest BCUT2D eigenvalue weighted by molar-refractivity contribution is 0.0948. The molecule has 1 heterocycles. The molecule has 4 nitrogen and oxygen atoms in total. The second-order valence-electron chi connectivity index (χ2n) is 3.50. The Morgan fingerprint density at radius 3 is 3.19 bits per heavy atom. The van der Waals surface area contributed by atoms with Crippen molar-refractivity contribution in [2.24, 2.45) is 0 Å². The van der Waals surface area contributed by atoms with Crippen LogP contribution in [0.4, 0.5) is 0 Å². The largest absolute Gasteiger partial charge is 0.345 e. The number of nitrogens with one attached hydrogen (secondary N) is 2. The Labute approximate surface area is 93.1 Å². The number of amides is 1. The van der Waals surface area contributed by atoms with Crippen LogP contribution >= 0.6 is 0 Å². The molecule has 4 heteroatoms. The molecule has 80 valence electrons. The predicted molar refractivity (Wildman–Crippen MR) is 61.9 cm³/mol. The van der Waals surface area contributed by atoms with Crippen LogP contribution in [-0.4, -0.2) is 21.9 Å². The number of hydrogen-bond acceptors (Lipinski definition) is 2. The van der Waals surface area contributed by atoms with Crippen molar-refractivity contribution in [1.82, 2.24) is 15.3 Å². The van der Waals surface area contributed by atoms with E-state index in [-0.39, 0.29) is 11.9 Å². The number of benzene rings is 1. The van der Waals surface area contributed by atoms with Gasteiger partial charge in [-0.25, -0.2) is 4.98 Å². The summed E-state index contributed by atoms with van der Waals surface area (Å²) in [5, 5.41) is 2.69. The molecule has 2 rings (SSSR count). The average molecular weight is 213 g/mol. The molecular weight excluding hydrogens is 202 g/mol. The maximum absolute atomic E-state index is 11.7. The van der Waals surface area contributed by atoms with Crippen molar-refractivity contribution in [3.63, 3.8) is 0 Å². The number of nitrogens with zero attached hydrogens (tertiary/aromatic N) is 1. The van der Waals surface area contributed by atoms with Crippen LogP contribution in [0.1, 0.15) is 17.3 Å². The standard InChI is InChI=1S/C12H11N3O/c1-3-8(2)15-12(16)9-4-5-10-11(6-9)14-7-13-10/h1,4-8H,2H3,(H,13,14)(H,15,16). The van der Waals surface area contributed by atoms with Gasteiger partial charge in [0.25, 0.3) is 5.91 Å². The lowest BCUT2D eigenvalue weighted by atomic mass is 10.2. The minimum Gasteiger partial charge on any atom is -0.345 e. The van der Waals surface area contributed by atoms with E-state index in [1.54, 1.807) is 31.5 Å². The van der Waals surface area contributed by atoms with Crippen molar-refractivity contribution in [2.75, 3.05) is 0 Å². The topological polar surface area (TPSA) is 57.8 Å². The molecule has 2 N–H and O–H groups in total. The number of terminal acetylenes is 1. The fourth-order valence-corrected chi connectivity index (χ4v) is 1.40. The molecule has 0 aliphatic heterocycles. The van der Waals surface area contributed by atoms with Crippen LogP contribution < -0.4 is 5.32 Å². The highest BCUT2D eigenvalue weighted by Gasteiger charge is 2.08. The van der Waals surface area contributed by atoms with Crippen LogP contribution in [0.3, 0.4) is 0 Å². The predicted octanol–water partition coefficient (Wildman–Crippen LogP) is 1.31. The van der Waals surface area contributed by atoms with E-state index in [9.17, 15) is 4.79 Å². The highest BCUT2D eigenvalue weighted by molar-refractivity contribution is 5.97. The third kappa shape index (κ3) is 1.89. The van der Waals surface area contributed by atoms with Gasteiger partial charge in [0.2, 0.25) is 0 Å². The third-order valence-corrected chi connectivity index (χ3v) is 2.28. The van der Waals surface area contributed by atoms with Crippen LogP contribution in [0.2, 0.25) is 0 Å². The van der Waals surface area contributed by atoms with Gasteiger partial charge in [-0.3, -0.25) is 4.79 Å². The molecule has 0 aliphatic rings. The van der Waals surface area contributed by atoms with Gasteiger partial charge >= 0.3 is 0 Å². The van der Waals surface area contributed by atoms with Crippen molar-refractivity contribution in [2.45, 2.75) is 13.0 Å². The van der Waals surface area contributed by atoms with Crippen molar-refractivity contribution in [1.29, 1.82) is 0 Å². The summed E-state index contributed by atoms with van der Waals surface area (Å²) in [6.45, 7) is 1.76. The van der Waals surface area contributed by atoms with Crippen LogP contribution in [0, 0.1) is 12.3 Å². The lowest BCUT2D eigenvalue weighted by Gasteiger charge is -2.07. The first kappa shape index (κ1) is 10.2. The van der Waals surface area contributed by atoms with Crippen molar-refractivity contribution < 1.29 is 4.79 Å². The number of hydrogen-bond donors (Lipinski definition) is 2. The lowest BCUT2D eigenvalue weighted by Crippen LogP contribution is -2.31. The third-order valence-electron chi connectivity index (χ3n) is 2.28. The first-order valence-corrected chi connectivity index (χ1v) is 4.91. The van der Waals surface area contributed by atoms with Crippen molar-refractivity contribution in [3.05, 3.63) is 30.1 Å². The summed E-state index contributed by atoms with van der Waals surface area (Å²) in [6, 6.07) is 4.99. The van der Waals surface area contributed by atoms with Crippen molar-refractivity contribution in [3.8, 4) is 12.3 Å². The minimum atomic E-state index is -0.273. The molecule has 1 unspecified atom stereocenters. The molecule has 0 saturated heterocycles. The molecule has 1 aromatic carbocycles. The average Bonchev–Trinajstić information content (AvgIpc) is 2.75. The summed E-state index contributed by atoms with van der Waals surface area (Å²) in [7, 11) is 0. The van der Waals surface area contributed by atoms with E-state index in [0.717, 1.165) is 11.0 Å². The molecule has 0 radical (unpaired) electrons. The second kappa shape index (κ2) is 4.07. The monoisotopic (exact) mass is 213 g/mol. The molecule has 2 aromatic rings. The number of H-pyrrole nitrogens is 1. The Kier molecular flexibility index (Phi) is 2.61. The second-order valence-corrected chi connectivity index (χ2v) is 3.50. The Bertz CT molecular complexity index is 565. The molecule has 1 aromatic heterocycles. The highest BCUT2D eigenvalue weighted by atomic mass is 16.1. The first-order valence-electron chi connectivity index (χ1n) is 4.91. The van der Waals surface area contributed by atoms with Crippen LogP contribution in [0.15, 0.2) is 24.5 Å². The van der Waals surface area contributed by atoms with Gasteiger partial charge in [-0.1, -0.05) is 5.92 Å². The van der Waals surface area contributed by atoms with Gasteiger partial charge in [0.1, 0.15) is 0 Å². The van der Waals surface area contributed by atoms with Crippen LogP contribution in [0.25, 0.3) is 11.0 Å². The first-order chi connectivity index (χ1) is 7.70. The van der Waals surface area contributed by atoms with Crippen LogP contribution in [-0.2, 0) is 0 Å². The Balaban J connectivity index is 2.26. The summed E-state index contributed by atoms with van der Waals surface area (Å²) in [4.78, 5) is 18.8. The fraction of sp³-hybridized carbons (Fsp3) is 0.167. The number of aromatic amines is 1. The molecule has 16 heavy (non-hydrogen) atoms. The van der Waals surface area contributed by atoms with Gasteiger partial charge in [-0.2, -0.15) is 0 Å². The van der Waals surface area contributed by atoms with Crippen molar-refractivity contribution >= 4 is 16.9 Å². The number of carbonyl (C=O) groups excluding carboxylic acids is 1. The van der Waals surface area contributed by atoms with Crippen LogP contribution in [0.5, 0.6) is 0 Å². The Morgan fingerprint density at radius 1 is 1.62 bits per heavy atom. The van der Waals surface area contributed by atoms with Gasteiger partial charge < -0.3 is 10.3 Å². The molecule has 1 amide bonds. The van der Waals surface area contributed by atoms with E-state index in [0.29, 0.717) is 5.56 Å². The quantitative estimate of drug-likeness (QED) is 0.739. The van der Waals surface area contributed by atoms with Gasteiger partial charge in [0.15, 0.2) is 0 Å². The highest BCUT2D eigenvalue weighted by Crippen LogP contribution is 2.11. The molecule has 1 atom stereocenters. The summed E-state index contributed by atoms with van der Waals surface area (Å²) < 4.78 is 0. The molecule has 0 fully saturated rings. The number of carbonyl (C=O) groups is 1. The number of aromatic nitrogens is 2. The van der Waals surface area contributed by atoms with E-state index < -0.39 is 0 Å². The summed E-state index contributed by atoms with van der Waals surface area (Å²) in [6.07, 6.45) is 6.79. The summed E-state index contributed by atoms with van der Waals surface area (Å²) in [5.74, 6) is 2.27. The van der Waals surface area contributed by atoms with Gasteiger partial charge in [0, 0.05) is 5.56 Å². The molecule has 0 aliphatic carbocycles. The zero-order chi connectivity index (χ0) is 11.5. The van der Waals surface area contributed by atoms with Gasteiger partial charge in [0.05, 0.1) is 23.4 Å². The molecule has 0 bridgehead atoms. The zero-order valence-corrected chi connectivity index (χ0v) is 8.82.